The van der Waals surface area contributed by atoms with Crippen molar-refractivity contribution in [2.45, 2.75) is 13.8 Å². The molecule has 84 valence electrons. The second kappa shape index (κ2) is 3.77. The predicted octanol–water partition coefficient (Wildman–Crippen LogP) is 4.72. The topological polar surface area (TPSA) is 13.1 Å². The van der Waals surface area contributed by atoms with Gasteiger partial charge in [-0.1, -0.05) is 42.5 Å². The van der Waals surface area contributed by atoms with Crippen molar-refractivity contribution >= 4 is 10.8 Å². The lowest BCUT2D eigenvalue weighted by atomic mass is 10.0. The molecule has 1 aromatic heterocycles. The molecule has 1 heterocycles. The fourth-order valence-electron chi connectivity index (χ4n) is 2.15. The van der Waals surface area contributed by atoms with Gasteiger partial charge in [0.2, 0.25) is 0 Å². The van der Waals surface area contributed by atoms with Crippen LogP contribution in [0.2, 0.25) is 0 Å². The molecule has 0 atom stereocenters. The molecular formula is C16H14O. The first kappa shape index (κ1) is 10.2. The molecule has 0 amide bonds. The van der Waals surface area contributed by atoms with Gasteiger partial charge in [-0.2, -0.15) is 0 Å². The molecule has 2 aromatic carbocycles. The standard InChI is InChI=1S/C16H14O/c1-11-10-16(17-12(11)2)15-9-5-7-13-6-3-4-8-14(13)15/h3-10H,1-2H3. The normalized spacial score (nSPS) is 10.9. The van der Waals surface area contributed by atoms with Gasteiger partial charge in [-0.25, -0.2) is 0 Å². The molecule has 0 bridgehead atoms. The molecular weight excluding hydrogens is 208 g/mol. The van der Waals surface area contributed by atoms with Gasteiger partial charge in [0, 0.05) is 5.56 Å². The summed E-state index contributed by atoms with van der Waals surface area (Å²) >= 11 is 0. The molecule has 1 heteroatoms. The van der Waals surface area contributed by atoms with Crippen molar-refractivity contribution in [2.75, 3.05) is 0 Å². The van der Waals surface area contributed by atoms with Crippen LogP contribution in [0.4, 0.5) is 0 Å². The second-order valence-electron chi connectivity index (χ2n) is 4.38. The average Bonchev–Trinajstić information content (AvgIpc) is 2.69. The third-order valence-corrected chi connectivity index (χ3v) is 3.22. The summed E-state index contributed by atoms with van der Waals surface area (Å²) in [5.74, 6) is 1.95. The molecule has 0 fully saturated rings. The Bertz CT molecular complexity index is 652. The lowest BCUT2D eigenvalue weighted by molar-refractivity contribution is 0.546. The van der Waals surface area contributed by atoms with Crippen LogP contribution < -0.4 is 0 Å². The Balaban J connectivity index is 2.30. The zero-order valence-electron chi connectivity index (χ0n) is 10.0. The average molecular weight is 222 g/mol. The Morgan fingerprint density at radius 1 is 0.882 bits per heavy atom. The van der Waals surface area contributed by atoms with E-state index >= 15 is 0 Å². The van der Waals surface area contributed by atoms with Crippen LogP contribution in [0.25, 0.3) is 22.1 Å². The fraction of sp³-hybridized carbons (Fsp3) is 0.125. The minimum Gasteiger partial charge on any atom is -0.461 e. The van der Waals surface area contributed by atoms with Gasteiger partial charge in [-0.15, -0.1) is 0 Å². The van der Waals surface area contributed by atoms with Crippen molar-refractivity contribution < 1.29 is 4.42 Å². The van der Waals surface area contributed by atoms with Crippen LogP contribution in [0.3, 0.4) is 0 Å². The van der Waals surface area contributed by atoms with E-state index in [1.807, 2.05) is 6.92 Å². The number of fused-ring (bicyclic) bond motifs is 1. The van der Waals surface area contributed by atoms with Crippen LogP contribution in [0.1, 0.15) is 11.3 Å². The molecule has 0 radical (unpaired) electrons. The molecule has 17 heavy (non-hydrogen) atoms. The summed E-state index contributed by atoms with van der Waals surface area (Å²) in [6.07, 6.45) is 0. The number of furan rings is 1. The number of hydrogen-bond donors (Lipinski definition) is 0. The van der Waals surface area contributed by atoms with Gasteiger partial charge in [0.25, 0.3) is 0 Å². The molecule has 0 N–H and O–H groups in total. The van der Waals surface area contributed by atoms with E-state index in [-0.39, 0.29) is 0 Å². The molecule has 3 rings (SSSR count). The quantitative estimate of drug-likeness (QED) is 0.580. The van der Waals surface area contributed by atoms with Crippen molar-refractivity contribution in [1.82, 2.24) is 0 Å². The first-order valence-corrected chi connectivity index (χ1v) is 5.81. The van der Waals surface area contributed by atoms with Crippen LogP contribution >= 0.6 is 0 Å². The highest BCUT2D eigenvalue weighted by atomic mass is 16.3. The van der Waals surface area contributed by atoms with Gasteiger partial charge in [-0.05, 0) is 36.2 Å². The van der Waals surface area contributed by atoms with Gasteiger partial charge in [0.15, 0.2) is 0 Å². The van der Waals surface area contributed by atoms with Crippen molar-refractivity contribution in [3.63, 3.8) is 0 Å². The van der Waals surface area contributed by atoms with Gasteiger partial charge >= 0.3 is 0 Å². The van der Waals surface area contributed by atoms with Gasteiger partial charge in [-0.3, -0.25) is 0 Å². The van der Waals surface area contributed by atoms with Gasteiger partial charge in [0.1, 0.15) is 11.5 Å². The zero-order chi connectivity index (χ0) is 11.8. The summed E-state index contributed by atoms with van der Waals surface area (Å²) in [6, 6.07) is 16.8. The molecule has 0 saturated heterocycles. The van der Waals surface area contributed by atoms with Crippen molar-refractivity contribution in [1.29, 1.82) is 0 Å². The minimum absolute atomic E-state index is 0.955. The Hall–Kier alpha value is -2.02. The summed E-state index contributed by atoms with van der Waals surface area (Å²) in [7, 11) is 0. The van der Waals surface area contributed by atoms with Crippen molar-refractivity contribution in [3.05, 3.63) is 59.9 Å². The maximum Gasteiger partial charge on any atom is 0.135 e. The predicted molar refractivity (Wildman–Crippen MR) is 71.1 cm³/mol. The molecule has 0 aliphatic carbocycles. The van der Waals surface area contributed by atoms with Crippen LogP contribution in [-0.4, -0.2) is 0 Å². The van der Waals surface area contributed by atoms with Gasteiger partial charge < -0.3 is 4.42 Å². The molecule has 3 aromatic rings. The number of aryl methyl sites for hydroxylation is 2. The molecule has 0 unspecified atom stereocenters. The van der Waals surface area contributed by atoms with Crippen LogP contribution in [0.5, 0.6) is 0 Å². The smallest absolute Gasteiger partial charge is 0.135 e. The summed E-state index contributed by atoms with van der Waals surface area (Å²) in [6.45, 7) is 4.08. The van der Waals surface area contributed by atoms with Crippen LogP contribution in [0, 0.1) is 13.8 Å². The Morgan fingerprint density at radius 2 is 1.65 bits per heavy atom. The molecule has 0 aliphatic heterocycles. The van der Waals surface area contributed by atoms with Gasteiger partial charge in [0.05, 0.1) is 0 Å². The van der Waals surface area contributed by atoms with E-state index in [0.717, 1.165) is 11.5 Å². The van der Waals surface area contributed by atoms with E-state index in [1.54, 1.807) is 0 Å². The first-order chi connectivity index (χ1) is 8.25. The number of benzene rings is 2. The highest BCUT2D eigenvalue weighted by molar-refractivity contribution is 5.95. The lowest BCUT2D eigenvalue weighted by Crippen LogP contribution is -1.78. The first-order valence-electron chi connectivity index (χ1n) is 5.81. The maximum absolute atomic E-state index is 5.81. The van der Waals surface area contributed by atoms with E-state index in [2.05, 4.69) is 55.5 Å². The van der Waals surface area contributed by atoms with E-state index in [0.29, 0.717) is 0 Å². The summed E-state index contributed by atoms with van der Waals surface area (Å²) in [5, 5.41) is 2.49. The van der Waals surface area contributed by atoms with E-state index in [9.17, 15) is 0 Å². The summed E-state index contributed by atoms with van der Waals surface area (Å²) in [5.41, 5.74) is 2.37. The van der Waals surface area contributed by atoms with Crippen LogP contribution in [-0.2, 0) is 0 Å². The zero-order valence-corrected chi connectivity index (χ0v) is 10.0. The Morgan fingerprint density at radius 3 is 2.41 bits per heavy atom. The highest BCUT2D eigenvalue weighted by Gasteiger charge is 2.08. The largest absolute Gasteiger partial charge is 0.461 e. The maximum atomic E-state index is 5.81. The second-order valence-corrected chi connectivity index (χ2v) is 4.38. The Labute approximate surface area is 101 Å². The number of rotatable bonds is 1. The molecule has 1 nitrogen and oxygen atoms in total. The Kier molecular flexibility index (Phi) is 2.25. The van der Waals surface area contributed by atoms with E-state index in [1.165, 1.54) is 21.9 Å². The lowest BCUT2D eigenvalue weighted by Gasteiger charge is -2.03. The number of hydrogen-bond acceptors (Lipinski definition) is 1. The molecule has 0 spiro atoms. The molecule has 0 saturated carbocycles. The third-order valence-electron chi connectivity index (χ3n) is 3.22. The SMILES string of the molecule is Cc1cc(-c2cccc3ccccc23)oc1C. The fourth-order valence-corrected chi connectivity index (χ4v) is 2.15. The third kappa shape index (κ3) is 1.64. The molecule has 0 aliphatic rings. The van der Waals surface area contributed by atoms with E-state index in [4.69, 9.17) is 4.42 Å². The highest BCUT2D eigenvalue weighted by Crippen LogP contribution is 2.31. The summed E-state index contributed by atoms with van der Waals surface area (Å²) < 4.78 is 5.81. The minimum atomic E-state index is 0.955. The summed E-state index contributed by atoms with van der Waals surface area (Å²) in [4.78, 5) is 0. The van der Waals surface area contributed by atoms with E-state index < -0.39 is 0 Å². The van der Waals surface area contributed by atoms with Crippen LogP contribution in [0.15, 0.2) is 52.9 Å². The van der Waals surface area contributed by atoms with Crippen molar-refractivity contribution in [2.24, 2.45) is 0 Å². The monoisotopic (exact) mass is 222 g/mol. The van der Waals surface area contributed by atoms with Crippen molar-refractivity contribution in [3.8, 4) is 11.3 Å².